The quantitative estimate of drug-likeness (QED) is 0.265. The van der Waals surface area contributed by atoms with E-state index in [9.17, 15) is 4.79 Å². The first-order chi connectivity index (χ1) is 18.1. The maximum atomic E-state index is 12.9. The number of fused-ring (bicyclic) bond motifs is 2. The van der Waals surface area contributed by atoms with E-state index >= 15 is 0 Å². The van der Waals surface area contributed by atoms with Gasteiger partial charge in [-0.2, -0.15) is 4.98 Å². The summed E-state index contributed by atoms with van der Waals surface area (Å²) in [6.45, 7) is 3.92. The van der Waals surface area contributed by atoms with Crippen LogP contribution in [0.4, 0.5) is 0 Å². The SMILES string of the molecule is Cc1cc(C)n2nc(SCc3nnc(SCc4coc5ccccc5c4=O)n3-c3ccccc3)nc2n1. The fraction of sp³-hybridized carbons (Fsp3) is 0.154. The molecule has 0 saturated heterocycles. The summed E-state index contributed by atoms with van der Waals surface area (Å²) in [4.78, 5) is 22.0. The molecule has 2 aromatic carbocycles. The zero-order valence-corrected chi connectivity index (χ0v) is 21.7. The molecule has 0 unspecified atom stereocenters. The molecule has 0 aliphatic heterocycles. The summed E-state index contributed by atoms with van der Waals surface area (Å²) in [5.74, 6) is 2.25. The third-order valence-corrected chi connectivity index (χ3v) is 7.56. The molecule has 0 atom stereocenters. The Morgan fingerprint density at radius 2 is 1.73 bits per heavy atom. The maximum Gasteiger partial charge on any atom is 0.253 e. The van der Waals surface area contributed by atoms with E-state index in [-0.39, 0.29) is 5.43 Å². The third-order valence-electron chi connectivity index (χ3n) is 5.75. The molecule has 0 radical (unpaired) electrons. The van der Waals surface area contributed by atoms with Gasteiger partial charge >= 0.3 is 0 Å². The number of nitrogens with zero attached hydrogens (tertiary/aromatic N) is 7. The second-order valence-corrected chi connectivity index (χ2v) is 10.3. The van der Waals surface area contributed by atoms with Crippen molar-refractivity contribution in [1.29, 1.82) is 0 Å². The van der Waals surface area contributed by atoms with E-state index in [1.807, 2.05) is 66.9 Å². The van der Waals surface area contributed by atoms with Crippen LogP contribution in [-0.4, -0.2) is 34.3 Å². The molecule has 0 bridgehead atoms. The Balaban J connectivity index is 1.28. The van der Waals surface area contributed by atoms with Crippen LogP contribution >= 0.6 is 23.5 Å². The Labute approximate surface area is 220 Å². The van der Waals surface area contributed by atoms with Crippen LogP contribution in [0.5, 0.6) is 0 Å². The second kappa shape index (κ2) is 9.83. The van der Waals surface area contributed by atoms with Crippen LogP contribution in [0.2, 0.25) is 0 Å². The predicted octanol–water partition coefficient (Wildman–Crippen LogP) is 5.01. The van der Waals surface area contributed by atoms with Gasteiger partial charge in [0.25, 0.3) is 5.78 Å². The molecule has 0 aliphatic carbocycles. The molecule has 9 nitrogen and oxygen atoms in total. The number of hydrogen-bond donors (Lipinski definition) is 0. The maximum absolute atomic E-state index is 12.9. The van der Waals surface area contributed by atoms with Gasteiger partial charge in [-0.15, -0.1) is 15.3 Å². The Morgan fingerprint density at radius 1 is 0.919 bits per heavy atom. The predicted molar refractivity (Wildman–Crippen MR) is 143 cm³/mol. The van der Waals surface area contributed by atoms with E-state index in [0.717, 1.165) is 22.9 Å². The van der Waals surface area contributed by atoms with Crippen molar-refractivity contribution in [2.75, 3.05) is 0 Å². The van der Waals surface area contributed by atoms with Gasteiger partial charge in [0.1, 0.15) is 11.4 Å². The summed E-state index contributed by atoms with van der Waals surface area (Å²) >= 11 is 2.92. The number of thioether (sulfide) groups is 2. The van der Waals surface area contributed by atoms with Crippen LogP contribution in [0.25, 0.3) is 22.4 Å². The molecule has 0 N–H and O–H groups in total. The Bertz CT molecular complexity index is 1790. The normalized spacial score (nSPS) is 11.5. The molecular formula is C26H21N7O2S2. The summed E-state index contributed by atoms with van der Waals surface area (Å²) in [5, 5.41) is 15.4. The Morgan fingerprint density at radius 3 is 2.59 bits per heavy atom. The van der Waals surface area contributed by atoms with Gasteiger partial charge in [0, 0.05) is 28.4 Å². The number of benzene rings is 2. The highest BCUT2D eigenvalue weighted by Gasteiger charge is 2.18. The molecule has 0 saturated carbocycles. The molecule has 37 heavy (non-hydrogen) atoms. The topological polar surface area (TPSA) is 104 Å². The van der Waals surface area contributed by atoms with Gasteiger partial charge in [0.2, 0.25) is 5.16 Å². The lowest BCUT2D eigenvalue weighted by atomic mass is 10.2. The van der Waals surface area contributed by atoms with Crippen LogP contribution in [0, 0.1) is 13.8 Å². The van der Waals surface area contributed by atoms with Crippen molar-refractivity contribution in [2.24, 2.45) is 0 Å². The van der Waals surface area contributed by atoms with Crippen LogP contribution < -0.4 is 5.43 Å². The van der Waals surface area contributed by atoms with Gasteiger partial charge in [-0.25, -0.2) is 9.50 Å². The van der Waals surface area contributed by atoms with Gasteiger partial charge in [-0.1, -0.05) is 53.9 Å². The lowest BCUT2D eigenvalue weighted by molar-refractivity contribution is 0.596. The lowest BCUT2D eigenvalue weighted by Gasteiger charge is -2.09. The fourth-order valence-corrected chi connectivity index (χ4v) is 5.67. The highest BCUT2D eigenvalue weighted by Crippen LogP contribution is 2.28. The van der Waals surface area contributed by atoms with Crippen LogP contribution in [0.3, 0.4) is 0 Å². The largest absolute Gasteiger partial charge is 0.464 e. The van der Waals surface area contributed by atoms with Gasteiger partial charge < -0.3 is 4.42 Å². The van der Waals surface area contributed by atoms with Crippen molar-refractivity contribution in [3.05, 3.63) is 99.9 Å². The highest BCUT2D eigenvalue weighted by atomic mass is 32.2. The summed E-state index contributed by atoms with van der Waals surface area (Å²) in [7, 11) is 0. The number of aromatic nitrogens is 7. The van der Waals surface area contributed by atoms with Crippen LogP contribution in [0.1, 0.15) is 22.8 Å². The second-order valence-electron chi connectivity index (χ2n) is 8.38. The first kappa shape index (κ1) is 23.4. The van der Waals surface area contributed by atoms with E-state index in [1.54, 1.807) is 16.6 Å². The lowest BCUT2D eigenvalue weighted by Crippen LogP contribution is -2.08. The molecule has 0 amide bonds. The molecule has 6 aromatic rings. The summed E-state index contributed by atoms with van der Waals surface area (Å²) in [6, 6.07) is 19.2. The average molecular weight is 528 g/mol. The van der Waals surface area contributed by atoms with Crippen molar-refractivity contribution < 1.29 is 4.42 Å². The van der Waals surface area contributed by atoms with Crippen molar-refractivity contribution in [1.82, 2.24) is 34.3 Å². The third kappa shape index (κ3) is 4.63. The van der Waals surface area contributed by atoms with Gasteiger partial charge in [-0.05, 0) is 44.2 Å². The van der Waals surface area contributed by atoms with Crippen LogP contribution in [0.15, 0.2) is 86.5 Å². The van der Waals surface area contributed by atoms with E-state index in [0.29, 0.717) is 44.1 Å². The van der Waals surface area contributed by atoms with Crippen molar-refractivity contribution in [3.63, 3.8) is 0 Å². The minimum Gasteiger partial charge on any atom is -0.464 e. The molecule has 11 heteroatoms. The molecule has 184 valence electrons. The van der Waals surface area contributed by atoms with Crippen molar-refractivity contribution in [2.45, 2.75) is 35.7 Å². The van der Waals surface area contributed by atoms with Gasteiger partial charge in [0.05, 0.1) is 17.4 Å². The molecular weight excluding hydrogens is 506 g/mol. The molecule has 4 heterocycles. The molecule has 0 aliphatic rings. The highest BCUT2D eigenvalue weighted by molar-refractivity contribution is 7.98. The Kier molecular flexibility index (Phi) is 6.23. The van der Waals surface area contributed by atoms with Crippen molar-refractivity contribution >= 4 is 40.3 Å². The smallest absolute Gasteiger partial charge is 0.253 e. The summed E-state index contributed by atoms with van der Waals surface area (Å²) in [6.07, 6.45) is 1.53. The minimum atomic E-state index is -0.0343. The monoisotopic (exact) mass is 527 g/mol. The zero-order chi connectivity index (χ0) is 25.4. The fourth-order valence-electron chi connectivity index (χ4n) is 4.02. The molecule has 6 rings (SSSR count). The zero-order valence-electron chi connectivity index (χ0n) is 20.0. The first-order valence-corrected chi connectivity index (χ1v) is 13.5. The standard InChI is InChI=1S/C26H21N7O2S2/c1-16-12-17(2)33-24(27-16)28-25(31-33)36-15-22-29-30-26(32(22)19-8-4-3-5-9-19)37-14-18-13-35-21-11-7-6-10-20(21)23(18)34/h3-13H,14-15H2,1-2H3. The van der Waals surface area contributed by atoms with Gasteiger partial charge in [0.15, 0.2) is 10.6 Å². The average Bonchev–Trinajstić information content (AvgIpc) is 3.51. The van der Waals surface area contributed by atoms with E-state index < -0.39 is 0 Å². The number of aryl methyl sites for hydroxylation is 2. The molecule has 4 aromatic heterocycles. The van der Waals surface area contributed by atoms with E-state index in [2.05, 4.69) is 25.3 Å². The van der Waals surface area contributed by atoms with Crippen molar-refractivity contribution in [3.8, 4) is 5.69 Å². The summed E-state index contributed by atoms with van der Waals surface area (Å²) < 4.78 is 9.43. The summed E-state index contributed by atoms with van der Waals surface area (Å²) in [5.41, 5.74) is 3.94. The van der Waals surface area contributed by atoms with E-state index in [1.165, 1.54) is 29.8 Å². The van der Waals surface area contributed by atoms with Gasteiger partial charge in [-0.3, -0.25) is 9.36 Å². The Hall–Kier alpha value is -3.96. The van der Waals surface area contributed by atoms with E-state index in [4.69, 9.17) is 4.42 Å². The molecule has 0 fully saturated rings. The molecule has 0 spiro atoms. The number of hydrogen-bond acceptors (Lipinski definition) is 9. The minimum absolute atomic E-state index is 0.0343. The first-order valence-electron chi connectivity index (χ1n) is 11.5. The number of para-hydroxylation sites is 2. The number of rotatable bonds is 7. The van der Waals surface area contributed by atoms with Crippen LogP contribution in [-0.2, 0) is 11.5 Å².